The van der Waals surface area contributed by atoms with Crippen molar-refractivity contribution in [3.05, 3.63) is 69.4 Å². The maximum atomic E-state index is 8.99. The summed E-state index contributed by atoms with van der Waals surface area (Å²) >= 11 is 3.21. The largest absolute Gasteiger partial charge is 0.455 e. The van der Waals surface area contributed by atoms with Gasteiger partial charge in [0.05, 0.1) is 27.2 Å². The van der Waals surface area contributed by atoms with Gasteiger partial charge in [0.15, 0.2) is 5.76 Å². The zero-order valence-electron chi connectivity index (χ0n) is 18.8. The molecule has 0 fully saturated rings. The molecule has 5 heterocycles. The molecule has 0 aliphatic rings. The van der Waals surface area contributed by atoms with Gasteiger partial charge in [-0.3, -0.25) is 0 Å². The first-order valence-corrected chi connectivity index (χ1v) is 12.5. The van der Waals surface area contributed by atoms with Crippen LogP contribution < -0.4 is 0 Å². The first-order valence-electron chi connectivity index (χ1n) is 10.9. The van der Waals surface area contributed by atoms with Crippen LogP contribution in [-0.4, -0.2) is 4.98 Å². The molecule has 6 aromatic rings. The molecule has 0 atom stereocenters. The number of allylic oxidation sites excluding steroid dienone is 2. The lowest BCUT2D eigenvalue weighted by Crippen LogP contribution is -1.75. The summed E-state index contributed by atoms with van der Waals surface area (Å²) in [5.74, 6) is 1.59. The summed E-state index contributed by atoms with van der Waals surface area (Å²) in [5, 5.41) is 19.1. The average molecular weight is 492 g/mol. The SMILES string of the molecule is C/C(C#N)=C/c1cc2oc(-c3ccc4cc(-c5cc6sc(/C=C(/C)C#N)cc6o5)[nH]c4c3)cc2s1. The Morgan fingerprint density at radius 2 is 1.40 bits per heavy atom. The molecule has 1 N–H and O–H groups in total. The van der Waals surface area contributed by atoms with E-state index in [4.69, 9.17) is 19.4 Å². The second-order valence-electron chi connectivity index (χ2n) is 8.34. The third kappa shape index (κ3) is 3.87. The highest BCUT2D eigenvalue weighted by molar-refractivity contribution is 7.20. The molecule has 0 amide bonds. The van der Waals surface area contributed by atoms with E-state index in [9.17, 15) is 0 Å². The van der Waals surface area contributed by atoms with Crippen molar-refractivity contribution in [3.63, 3.8) is 0 Å². The smallest absolute Gasteiger partial charge is 0.152 e. The van der Waals surface area contributed by atoms with Gasteiger partial charge in [-0.25, -0.2) is 0 Å². The number of aromatic nitrogens is 1. The Bertz CT molecular complexity index is 1740. The van der Waals surface area contributed by atoms with E-state index in [2.05, 4.69) is 41.4 Å². The van der Waals surface area contributed by atoms with Gasteiger partial charge in [-0.1, -0.05) is 12.1 Å². The van der Waals surface area contributed by atoms with Crippen LogP contribution in [0.1, 0.15) is 23.6 Å². The number of nitriles is 2. The van der Waals surface area contributed by atoms with Crippen LogP contribution in [0.25, 0.3) is 66.4 Å². The molecule has 35 heavy (non-hydrogen) atoms. The summed E-state index contributed by atoms with van der Waals surface area (Å²) in [7, 11) is 0. The number of rotatable bonds is 4. The molecule has 0 saturated carbocycles. The maximum absolute atomic E-state index is 8.99. The average Bonchev–Trinajstić information content (AvgIpc) is 3.62. The molecule has 0 unspecified atom stereocenters. The van der Waals surface area contributed by atoms with Crippen molar-refractivity contribution in [1.82, 2.24) is 4.98 Å². The lowest BCUT2D eigenvalue weighted by Gasteiger charge is -1.97. The molecule has 6 rings (SSSR count). The van der Waals surface area contributed by atoms with E-state index >= 15 is 0 Å². The number of thiophene rings is 2. The molecular formula is C28H17N3O2S2. The van der Waals surface area contributed by atoms with Crippen LogP contribution in [0.2, 0.25) is 0 Å². The van der Waals surface area contributed by atoms with Crippen LogP contribution in [-0.2, 0) is 0 Å². The Morgan fingerprint density at radius 3 is 2.00 bits per heavy atom. The number of nitrogens with zero attached hydrogens (tertiary/aromatic N) is 2. The van der Waals surface area contributed by atoms with E-state index in [1.54, 1.807) is 36.5 Å². The van der Waals surface area contributed by atoms with E-state index in [-0.39, 0.29) is 0 Å². The van der Waals surface area contributed by atoms with Crippen molar-refractivity contribution in [3.8, 4) is 34.9 Å². The van der Waals surface area contributed by atoms with Crippen molar-refractivity contribution in [2.24, 2.45) is 0 Å². The molecule has 0 radical (unpaired) electrons. The van der Waals surface area contributed by atoms with E-state index in [1.165, 1.54) is 0 Å². The van der Waals surface area contributed by atoms with Gasteiger partial charge in [-0.2, -0.15) is 10.5 Å². The Hall–Kier alpha value is -4.30. The lowest BCUT2D eigenvalue weighted by atomic mass is 10.1. The van der Waals surface area contributed by atoms with Crippen molar-refractivity contribution < 1.29 is 8.83 Å². The van der Waals surface area contributed by atoms with E-state index in [1.807, 2.05) is 36.4 Å². The fraction of sp³-hybridized carbons (Fsp3) is 0.0714. The van der Waals surface area contributed by atoms with Crippen molar-refractivity contribution in [2.45, 2.75) is 13.8 Å². The van der Waals surface area contributed by atoms with Crippen LogP contribution in [0.5, 0.6) is 0 Å². The Morgan fingerprint density at radius 1 is 0.800 bits per heavy atom. The molecule has 0 saturated heterocycles. The second kappa shape index (κ2) is 8.18. The number of fused-ring (bicyclic) bond motifs is 3. The number of hydrogen-bond acceptors (Lipinski definition) is 6. The van der Waals surface area contributed by atoms with Gasteiger partial charge in [0, 0.05) is 49.5 Å². The zero-order valence-corrected chi connectivity index (χ0v) is 20.4. The Labute approximate surface area is 208 Å². The third-order valence-electron chi connectivity index (χ3n) is 5.69. The summed E-state index contributed by atoms with van der Waals surface area (Å²) in [5.41, 5.74) is 5.88. The number of hydrogen-bond donors (Lipinski definition) is 1. The number of nitrogens with one attached hydrogen (secondary N) is 1. The summed E-state index contributed by atoms with van der Waals surface area (Å²) in [6.07, 6.45) is 3.74. The molecule has 7 heteroatoms. The highest BCUT2D eigenvalue weighted by atomic mass is 32.1. The standard InChI is InChI=1S/C28H17N3O2S2/c1-15(13-29)5-19-9-25-27(34-19)11-23(32-25)18-4-3-17-7-22(31-21(17)8-18)24-12-28-26(33-24)10-20(35-28)6-16(2)14-30/h3-12,31H,1-2H3/b15-5-,16-6-. The monoisotopic (exact) mass is 491 g/mol. The van der Waals surface area contributed by atoms with Crippen LogP contribution in [0.4, 0.5) is 0 Å². The quantitative estimate of drug-likeness (QED) is 0.249. The number of aromatic amines is 1. The summed E-state index contributed by atoms with van der Waals surface area (Å²) in [4.78, 5) is 5.49. The Kier molecular flexibility index (Phi) is 4.96. The van der Waals surface area contributed by atoms with Crippen molar-refractivity contribution >= 4 is 66.3 Å². The number of H-pyrrole nitrogens is 1. The van der Waals surface area contributed by atoms with E-state index in [0.29, 0.717) is 11.1 Å². The molecule has 5 aromatic heterocycles. The molecular weight excluding hydrogens is 474 g/mol. The minimum Gasteiger partial charge on any atom is -0.455 e. The number of furan rings is 2. The molecule has 0 bridgehead atoms. The fourth-order valence-electron chi connectivity index (χ4n) is 4.03. The van der Waals surface area contributed by atoms with Gasteiger partial charge in [-0.15, -0.1) is 22.7 Å². The van der Waals surface area contributed by atoms with Crippen LogP contribution in [0, 0.1) is 22.7 Å². The summed E-state index contributed by atoms with van der Waals surface area (Å²) < 4.78 is 14.3. The normalized spacial score (nSPS) is 12.6. The van der Waals surface area contributed by atoms with Crippen LogP contribution >= 0.6 is 22.7 Å². The first-order chi connectivity index (χ1) is 17.0. The topological polar surface area (TPSA) is 89.7 Å². The number of benzene rings is 1. The zero-order chi connectivity index (χ0) is 24.1. The van der Waals surface area contributed by atoms with Gasteiger partial charge in [0.25, 0.3) is 0 Å². The minimum atomic E-state index is 0.670. The van der Waals surface area contributed by atoms with Crippen molar-refractivity contribution in [1.29, 1.82) is 10.5 Å². The molecule has 0 spiro atoms. The van der Waals surface area contributed by atoms with Gasteiger partial charge < -0.3 is 13.8 Å². The van der Waals surface area contributed by atoms with E-state index < -0.39 is 0 Å². The molecule has 0 aliphatic heterocycles. The lowest BCUT2D eigenvalue weighted by molar-refractivity contribution is 0.630. The summed E-state index contributed by atoms with van der Waals surface area (Å²) in [6, 6.07) is 20.6. The minimum absolute atomic E-state index is 0.670. The van der Waals surface area contributed by atoms with E-state index in [0.717, 1.165) is 64.0 Å². The van der Waals surface area contributed by atoms with Gasteiger partial charge in [-0.05, 0) is 50.3 Å². The maximum Gasteiger partial charge on any atom is 0.152 e. The molecule has 0 aliphatic carbocycles. The predicted molar refractivity (Wildman–Crippen MR) is 143 cm³/mol. The fourth-order valence-corrected chi connectivity index (χ4v) is 6.08. The summed E-state index contributed by atoms with van der Waals surface area (Å²) in [6.45, 7) is 3.59. The van der Waals surface area contributed by atoms with Gasteiger partial charge in [0.1, 0.15) is 16.9 Å². The Balaban J connectivity index is 1.31. The molecule has 168 valence electrons. The van der Waals surface area contributed by atoms with Crippen LogP contribution in [0.15, 0.2) is 68.5 Å². The highest BCUT2D eigenvalue weighted by Crippen LogP contribution is 2.38. The third-order valence-corrected chi connectivity index (χ3v) is 7.72. The second-order valence-corrected chi connectivity index (χ2v) is 10.6. The molecule has 5 nitrogen and oxygen atoms in total. The predicted octanol–water partition coefficient (Wildman–Crippen LogP) is 8.97. The van der Waals surface area contributed by atoms with Gasteiger partial charge >= 0.3 is 0 Å². The highest BCUT2D eigenvalue weighted by Gasteiger charge is 2.14. The first kappa shape index (κ1) is 21.2. The van der Waals surface area contributed by atoms with Crippen molar-refractivity contribution in [2.75, 3.05) is 0 Å². The van der Waals surface area contributed by atoms with Gasteiger partial charge in [0.2, 0.25) is 0 Å². The van der Waals surface area contributed by atoms with Crippen LogP contribution in [0.3, 0.4) is 0 Å². The molecule has 1 aromatic carbocycles.